The van der Waals surface area contributed by atoms with Crippen LogP contribution in [0.1, 0.15) is 5.56 Å². The molecule has 0 saturated carbocycles. The Morgan fingerprint density at radius 3 is 2.54 bits per heavy atom. The van der Waals surface area contributed by atoms with E-state index >= 15 is 0 Å². The molecule has 0 radical (unpaired) electrons. The van der Waals surface area contributed by atoms with Gasteiger partial charge in [0.2, 0.25) is 5.75 Å². The van der Waals surface area contributed by atoms with Crippen molar-refractivity contribution in [3.8, 4) is 5.75 Å². The van der Waals surface area contributed by atoms with Gasteiger partial charge in [-0.25, -0.2) is 5.01 Å². The van der Waals surface area contributed by atoms with Gasteiger partial charge in [0.1, 0.15) is 5.57 Å². The summed E-state index contributed by atoms with van der Waals surface area (Å²) in [4.78, 5) is 35.4. The molecule has 2 amide bonds. The molecule has 2 aromatic rings. The molecule has 0 spiro atoms. The number of halogens is 1. The molecule has 1 heterocycles. The molecule has 0 bridgehead atoms. The second kappa shape index (κ2) is 6.96. The van der Waals surface area contributed by atoms with Crippen molar-refractivity contribution in [2.45, 2.75) is 0 Å². The van der Waals surface area contributed by atoms with Crippen molar-refractivity contribution < 1.29 is 19.2 Å². The summed E-state index contributed by atoms with van der Waals surface area (Å²) in [6, 6.07) is 11.4. The van der Waals surface area contributed by atoms with Crippen LogP contribution in [0.5, 0.6) is 5.75 Å². The van der Waals surface area contributed by atoms with E-state index in [1.807, 2.05) is 0 Å². The van der Waals surface area contributed by atoms with Gasteiger partial charge in [-0.15, -0.1) is 0 Å². The first kappa shape index (κ1) is 17.6. The van der Waals surface area contributed by atoms with Crippen molar-refractivity contribution in [3.05, 3.63) is 68.2 Å². The van der Waals surface area contributed by atoms with Gasteiger partial charge < -0.3 is 4.74 Å². The van der Waals surface area contributed by atoms with Crippen LogP contribution in [0.15, 0.2) is 52.5 Å². The lowest BCUT2D eigenvalue weighted by molar-refractivity contribution is -0.385. The van der Waals surface area contributed by atoms with E-state index in [0.717, 1.165) is 5.01 Å². The average molecular weight is 418 g/mol. The Balaban J connectivity index is 2.01. The molecule has 26 heavy (non-hydrogen) atoms. The second-order valence-electron chi connectivity index (χ2n) is 5.29. The molecule has 0 atom stereocenters. The molecule has 0 aliphatic carbocycles. The highest BCUT2D eigenvalue weighted by molar-refractivity contribution is 9.10. The number of nitrogens with one attached hydrogen (secondary N) is 1. The Labute approximate surface area is 156 Å². The molecule has 132 valence electrons. The molecular weight excluding hydrogens is 406 g/mol. The Morgan fingerprint density at radius 1 is 1.23 bits per heavy atom. The molecule has 1 saturated heterocycles. The topological polar surface area (TPSA) is 102 Å². The fraction of sp³-hybridized carbons (Fsp3) is 0.0588. The SMILES string of the molecule is COc1c(Br)cc(/C=C2/C(=O)NN(c3ccccc3)C2=O)cc1[N+](=O)[O-]. The molecule has 2 aromatic carbocycles. The summed E-state index contributed by atoms with van der Waals surface area (Å²) in [5, 5.41) is 12.3. The number of ether oxygens (including phenoxy) is 1. The second-order valence-corrected chi connectivity index (χ2v) is 6.14. The summed E-state index contributed by atoms with van der Waals surface area (Å²) in [5.41, 5.74) is 2.90. The van der Waals surface area contributed by atoms with Crippen molar-refractivity contribution in [3.63, 3.8) is 0 Å². The Kier molecular flexibility index (Phi) is 4.72. The summed E-state index contributed by atoms with van der Waals surface area (Å²) >= 11 is 3.20. The van der Waals surface area contributed by atoms with Crippen LogP contribution in [0.4, 0.5) is 11.4 Å². The van der Waals surface area contributed by atoms with Crippen LogP contribution in [-0.2, 0) is 9.59 Å². The predicted octanol–water partition coefficient (Wildman–Crippen LogP) is 2.83. The van der Waals surface area contributed by atoms with E-state index in [9.17, 15) is 19.7 Å². The minimum atomic E-state index is -0.599. The Hall–Kier alpha value is -3.20. The Bertz CT molecular complexity index is 943. The average Bonchev–Trinajstić information content (AvgIpc) is 2.90. The summed E-state index contributed by atoms with van der Waals surface area (Å²) in [7, 11) is 1.32. The number of methoxy groups -OCH3 is 1. The number of para-hydroxylation sites is 1. The van der Waals surface area contributed by atoms with E-state index in [4.69, 9.17) is 4.74 Å². The fourth-order valence-corrected chi connectivity index (χ4v) is 3.13. The number of rotatable bonds is 4. The van der Waals surface area contributed by atoms with Gasteiger partial charge in [-0.3, -0.25) is 25.1 Å². The van der Waals surface area contributed by atoms with Crippen molar-refractivity contribution in [1.82, 2.24) is 5.43 Å². The number of benzene rings is 2. The zero-order valence-electron chi connectivity index (χ0n) is 13.4. The van der Waals surface area contributed by atoms with E-state index in [0.29, 0.717) is 15.7 Å². The number of anilines is 1. The van der Waals surface area contributed by atoms with Gasteiger partial charge in [-0.1, -0.05) is 18.2 Å². The van der Waals surface area contributed by atoms with Gasteiger partial charge in [-0.2, -0.15) is 0 Å². The van der Waals surface area contributed by atoms with Gasteiger partial charge in [-0.05, 0) is 45.8 Å². The summed E-state index contributed by atoms with van der Waals surface area (Å²) in [6.45, 7) is 0. The highest BCUT2D eigenvalue weighted by Crippen LogP contribution is 2.37. The van der Waals surface area contributed by atoms with Gasteiger partial charge in [0.05, 0.1) is 22.2 Å². The maximum Gasteiger partial charge on any atom is 0.312 e. The van der Waals surface area contributed by atoms with Gasteiger partial charge in [0, 0.05) is 6.07 Å². The molecule has 8 nitrogen and oxygen atoms in total. The highest BCUT2D eigenvalue weighted by Gasteiger charge is 2.34. The number of hydrogen-bond donors (Lipinski definition) is 1. The zero-order chi connectivity index (χ0) is 18.8. The smallest absolute Gasteiger partial charge is 0.312 e. The van der Waals surface area contributed by atoms with Crippen LogP contribution in [0.2, 0.25) is 0 Å². The lowest BCUT2D eigenvalue weighted by atomic mass is 10.1. The zero-order valence-corrected chi connectivity index (χ0v) is 15.0. The van der Waals surface area contributed by atoms with Crippen LogP contribution in [0, 0.1) is 10.1 Å². The van der Waals surface area contributed by atoms with E-state index in [2.05, 4.69) is 21.4 Å². The molecule has 3 rings (SSSR count). The largest absolute Gasteiger partial charge is 0.489 e. The molecular formula is C17H12BrN3O5. The number of nitrogens with zero attached hydrogens (tertiary/aromatic N) is 2. The summed E-state index contributed by atoms with van der Waals surface area (Å²) in [5.74, 6) is -1.07. The standard InChI is InChI=1S/C17H12BrN3O5/c1-26-15-13(18)8-10(9-14(15)21(24)25)7-12-16(22)19-20(17(12)23)11-5-3-2-4-6-11/h2-9H,1H3,(H,19,22)/b12-7-. The molecule has 0 aromatic heterocycles. The lowest BCUT2D eigenvalue weighted by Gasteiger charge is -2.13. The first-order valence-electron chi connectivity index (χ1n) is 7.36. The molecule has 0 unspecified atom stereocenters. The molecule has 9 heteroatoms. The number of hydrogen-bond acceptors (Lipinski definition) is 5. The number of nitro benzene ring substituents is 1. The van der Waals surface area contributed by atoms with E-state index in [1.54, 1.807) is 30.3 Å². The van der Waals surface area contributed by atoms with E-state index in [1.165, 1.54) is 25.3 Å². The van der Waals surface area contributed by atoms with E-state index < -0.39 is 16.7 Å². The number of nitro groups is 1. The van der Waals surface area contributed by atoms with Crippen LogP contribution < -0.4 is 15.2 Å². The van der Waals surface area contributed by atoms with Crippen LogP contribution in [0.25, 0.3) is 6.08 Å². The van der Waals surface area contributed by atoms with E-state index in [-0.39, 0.29) is 17.0 Å². The van der Waals surface area contributed by atoms with Crippen molar-refractivity contribution in [2.24, 2.45) is 0 Å². The van der Waals surface area contributed by atoms with Gasteiger partial charge in [0.15, 0.2) is 0 Å². The quantitative estimate of drug-likeness (QED) is 0.356. The molecule has 1 aliphatic heterocycles. The van der Waals surface area contributed by atoms with Crippen molar-refractivity contribution in [2.75, 3.05) is 12.1 Å². The maximum atomic E-state index is 12.6. The predicted molar refractivity (Wildman–Crippen MR) is 97.4 cm³/mol. The molecule has 1 fully saturated rings. The monoisotopic (exact) mass is 417 g/mol. The Morgan fingerprint density at radius 2 is 1.92 bits per heavy atom. The number of carbonyl (C=O) groups excluding carboxylic acids is 2. The van der Waals surface area contributed by atoms with Crippen LogP contribution >= 0.6 is 15.9 Å². The molecule has 1 aliphatic rings. The first-order chi connectivity index (χ1) is 12.4. The highest BCUT2D eigenvalue weighted by atomic mass is 79.9. The normalized spacial score (nSPS) is 15.3. The summed E-state index contributed by atoms with van der Waals surface area (Å²) < 4.78 is 5.36. The third kappa shape index (κ3) is 3.16. The number of hydrazine groups is 1. The summed E-state index contributed by atoms with van der Waals surface area (Å²) in [6.07, 6.45) is 1.30. The van der Waals surface area contributed by atoms with Crippen LogP contribution in [-0.4, -0.2) is 23.8 Å². The minimum absolute atomic E-state index is 0.0604. The minimum Gasteiger partial charge on any atom is -0.489 e. The van der Waals surface area contributed by atoms with Crippen LogP contribution in [0.3, 0.4) is 0 Å². The van der Waals surface area contributed by atoms with Gasteiger partial charge in [0.25, 0.3) is 11.8 Å². The lowest BCUT2D eigenvalue weighted by Crippen LogP contribution is -2.35. The molecule has 1 N–H and O–H groups in total. The first-order valence-corrected chi connectivity index (χ1v) is 8.15. The number of carbonyl (C=O) groups is 2. The fourth-order valence-electron chi connectivity index (χ4n) is 2.50. The third-order valence-electron chi connectivity index (χ3n) is 3.66. The third-order valence-corrected chi connectivity index (χ3v) is 4.25. The van der Waals surface area contributed by atoms with Crippen molar-refractivity contribution in [1.29, 1.82) is 0 Å². The van der Waals surface area contributed by atoms with Gasteiger partial charge >= 0.3 is 5.69 Å². The number of amides is 2. The van der Waals surface area contributed by atoms with Crippen molar-refractivity contribution >= 4 is 45.2 Å². The maximum absolute atomic E-state index is 12.6.